The molecule has 0 saturated heterocycles. The van der Waals surface area contributed by atoms with E-state index in [0.717, 1.165) is 26.9 Å². The average Bonchev–Trinajstić information content (AvgIpc) is 2.91. The molecule has 3 rings (SSSR count). The van der Waals surface area contributed by atoms with Gasteiger partial charge in [-0.15, -0.1) is 18.2 Å². The fourth-order valence-electron chi connectivity index (χ4n) is 2.32. The van der Waals surface area contributed by atoms with Crippen LogP contribution in [0.1, 0.15) is 5.56 Å². The summed E-state index contributed by atoms with van der Waals surface area (Å²) in [5.41, 5.74) is 8.91. The van der Waals surface area contributed by atoms with Crippen LogP contribution in [0.25, 0.3) is 5.82 Å². The lowest BCUT2D eigenvalue weighted by Gasteiger charge is -2.26. The summed E-state index contributed by atoms with van der Waals surface area (Å²) in [4.78, 5) is 10.7. The molecule has 4 nitrogen and oxygen atoms in total. The summed E-state index contributed by atoms with van der Waals surface area (Å²) >= 11 is 1.64. The fraction of sp³-hybridized carbons (Fsp3) is 0.133. The molecule has 0 amide bonds. The smallest absolute Gasteiger partial charge is 0.139 e. The Morgan fingerprint density at radius 3 is 3.00 bits per heavy atom. The molecule has 0 radical (unpaired) electrons. The van der Waals surface area contributed by atoms with Crippen LogP contribution in [0.3, 0.4) is 0 Å². The Bertz CT molecular complexity index is 813. The summed E-state index contributed by atoms with van der Waals surface area (Å²) < 4.78 is 0. The SMILES string of the molecule is C#Cc1ccccc1N1CN=c2[nH]cc(SC)c2=C1N. The molecular formula is C15H14N4S. The summed E-state index contributed by atoms with van der Waals surface area (Å²) in [5.74, 6) is 3.38. The van der Waals surface area contributed by atoms with E-state index in [4.69, 9.17) is 12.2 Å². The minimum Gasteiger partial charge on any atom is -0.384 e. The lowest BCUT2D eigenvalue weighted by atomic mass is 10.1. The molecular weight excluding hydrogens is 268 g/mol. The lowest BCUT2D eigenvalue weighted by molar-refractivity contribution is 0.885. The number of rotatable bonds is 2. The number of hydrogen-bond donors (Lipinski definition) is 2. The van der Waals surface area contributed by atoms with Gasteiger partial charge in [-0.2, -0.15) is 0 Å². The summed E-state index contributed by atoms with van der Waals surface area (Å²) in [6.07, 6.45) is 9.52. The molecule has 3 N–H and O–H groups in total. The zero-order valence-corrected chi connectivity index (χ0v) is 11.9. The van der Waals surface area contributed by atoms with Gasteiger partial charge in [0.15, 0.2) is 0 Å². The van der Waals surface area contributed by atoms with Crippen molar-refractivity contribution < 1.29 is 0 Å². The van der Waals surface area contributed by atoms with Crippen molar-refractivity contribution in [2.75, 3.05) is 17.8 Å². The molecule has 2 heterocycles. The standard InChI is InChI=1S/C15H14N4S/c1-3-10-6-4-5-7-11(10)19-9-18-15-13(14(19)16)12(20-2)8-17-15/h1,4-8H,9,16H2,2H3,(H,17,18). The molecule has 0 bridgehead atoms. The highest BCUT2D eigenvalue weighted by molar-refractivity contribution is 7.98. The van der Waals surface area contributed by atoms with Crippen LogP contribution in [0, 0.1) is 12.3 Å². The van der Waals surface area contributed by atoms with Crippen molar-refractivity contribution in [3.05, 3.63) is 46.7 Å². The fourth-order valence-corrected chi connectivity index (χ4v) is 2.90. The highest BCUT2D eigenvalue weighted by Crippen LogP contribution is 2.23. The zero-order valence-electron chi connectivity index (χ0n) is 11.1. The second-order valence-corrected chi connectivity index (χ2v) is 5.20. The molecule has 5 heteroatoms. The van der Waals surface area contributed by atoms with Crippen LogP contribution in [-0.4, -0.2) is 17.9 Å². The number of para-hydroxylation sites is 1. The van der Waals surface area contributed by atoms with E-state index in [-0.39, 0.29) is 0 Å². The number of terminal acetylenes is 1. The number of aromatic nitrogens is 1. The molecule has 1 aliphatic rings. The van der Waals surface area contributed by atoms with Crippen LogP contribution in [0.5, 0.6) is 0 Å². The molecule has 0 atom stereocenters. The van der Waals surface area contributed by atoms with Gasteiger partial charge in [-0.25, -0.2) is 4.99 Å². The quantitative estimate of drug-likeness (QED) is 0.634. The van der Waals surface area contributed by atoms with E-state index >= 15 is 0 Å². The number of nitrogens with one attached hydrogen (secondary N) is 1. The third-order valence-electron chi connectivity index (χ3n) is 3.31. The molecule has 1 aromatic carbocycles. The zero-order chi connectivity index (χ0) is 14.1. The van der Waals surface area contributed by atoms with Gasteiger partial charge < -0.3 is 15.6 Å². The molecule has 0 spiro atoms. The van der Waals surface area contributed by atoms with Gasteiger partial charge >= 0.3 is 0 Å². The first-order valence-corrected chi connectivity index (χ1v) is 7.37. The Hall–Kier alpha value is -2.32. The predicted molar refractivity (Wildman–Crippen MR) is 82.7 cm³/mol. The van der Waals surface area contributed by atoms with Crippen molar-refractivity contribution in [3.8, 4) is 12.3 Å². The Balaban J connectivity index is 2.22. The monoisotopic (exact) mass is 282 g/mol. The van der Waals surface area contributed by atoms with E-state index in [9.17, 15) is 0 Å². The molecule has 0 aliphatic carbocycles. The first-order valence-electron chi connectivity index (χ1n) is 6.15. The average molecular weight is 282 g/mol. The summed E-state index contributed by atoms with van der Waals surface area (Å²) in [6.45, 7) is 0.464. The van der Waals surface area contributed by atoms with Gasteiger partial charge in [0.1, 0.15) is 18.0 Å². The largest absolute Gasteiger partial charge is 0.384 e. The van der Waals surface area contributed by atoms with Gasteiger partial charge in [0.05, 0.1) is 10.9 Å². The van der Waals surface area contributed by atoms with Gasteiger partial charge in [0.25, 0.3) is 0 Å². The molecule has 20 heavy (non-hydrogen) atoms. The molecule has 0 saturated carbocycles. The minimum atomic E-state index is 0.464. The number of anilines is 1. The van der Waals surface area contributed by atoms with Crippen LogP contribution < -0.4 is 21.3 Å². The molecule has 100 valence electrons. The Kier molecular flexibility index (Phi) is 3.17. The molecule has 0 unspecified atom stereocenters. The molecule has 2 aromatic rings. The number of aromatic amines is 1. The van der Waals surface area contributed by atoms with E-state index < -0.39 is 0 Å². The first-order chi connectivity index (χ1) is 9.76. The van der Waals surface area contributed by atoms with Gasteiger partial charge in [-0.05, 0) is 18.4 Å². The van der Waals surface area contributed by atoms with Gasteiger partial charge in [-0.3, -0.25) is 0 Å². The normalized spacial score (nSPS) is 13.6. The third-order valence-corrected chi connectivity index (χ3v) is 4.07. The number of benzene rings is 1. The Labute approximate surface area is 121 Å². The molecule has 1 aliphatic heterocycles. The number of nitrogens with zero attached hydrogens (tertiary/aromatic N) is 2. The van der Waals surface area contributed by atoms with Crippen LogP contribution in [0.4, 0.5) is 5.69 Å². The number of thioether (sulfide) groups is 1. The van der Waals surface area contributed by atoms with Crippen molar-refractivity contribution in [2.45, 2.75) is 4.90 Å². The van der Waals surface area contributed by atoms with E-state index in [2.05, 4.69) is 15.9 Å². The second kappa shape index (κ2) is 4.99. The Morgan fingerprint density at radius 1 is 1.45 bits per heavy atom. The van der Waals surface area contributed by atoms with Crippen molar-refractivity contribution in [1.29, 1.82) is 0 Å². The van der Waals surface area contributed by atoms with Gasteiger partial charge in [-0.1, -0.05) is 18.1 Å². The van der Waals surface area contributed by atoms with E-state index in [1.165, 1.54) is 0 Å². The maximum atomic E-state index is 6.35. The van der Waals surface area contributed by atoms with Crippen molar-refractivity contribution in [2.24, 2.45) is 10.7 Å². The first kappa shape index (κ1) is 12.7. The molecule has 0 fully saturated rings. The van der Waals surface area contributed by atoms with Crippen molar-refractivity contribution in [1.82, 2.24) is 4.98 Å². The highest BCUT2D eigenvalue weighted by Gasteiger charge is 2.18. The topological polar surface area (TPSA) is 57.4 Å². The second-order valence-electron chi connectivity index (χ2n) is 4.35. The number of hydrogen-bond acceptors (Lipinski definition) is 4. The summed E-state index contributed by atoms with van der Waals surface area (Å²) in [7, 11) is 0. The van der Waals surface area contributed by atoms with Crippen LogP contribution >= 0.6 is 11.8 Å². The third kappa shape index (κ3) is 1.86. The molecule has 1 aromatic heterocycles. The van der Waals surface area contributed by atoms with Crippen LogP contribution in [0.15, 0.2) is 40.4 Å². The van der Waals surface area contributed by atoms with Crippen molar-refractivity contribution >= 4 is 23.3 Å². The maximum Gasteiger partial charge on any atom is 0.139 e. The lowest BCUT2D eigenvalue weighted by Crippen LogP contribution is -2.44. The van der Waals surface area contributed by atoms with E-state index in [0.29, 0.717) is 12.5 Å². The van der Waals surface area contributed by atoms with Crippen LogP contribution in [0.2, 0.25) is 0 Å². The van der Waals surface area contributed by atoms with Crippen LogP contribution in [-0.2, 0) is 0 Å². The summed E-state index contributed by atoms with van der Waals surface area (Å²) in [5, 5.41) is 0.954. The van der Waals surface area contributed by atoms with E-state index in [1.807, 2.05) is 41.6 Å². The predicted octanol–water partition coefficient (Wildman–Crippen LogP) is 0.840. The highest BCUT2D eigenvalue weighted by atomic mass is 32.2. The van der Waals surface area contributed by atoms with Gasteiger partial charge in [0, 0.05) is 16.7 Å². The van der Waals surface area contributed by atoms with E-state index in [1.54, 1.807) is 11.8 Å². The number of H-pyrrole nitrogens is 1. The van der Waals surface area contributed by atoms with Crippen molar-refractivity contribution in [3.63, 3.8) is 0 Å². The number of nitrogens with two attached hydrogens (primary N) is 1. The maximum absolute atomic E-state index is 6.35. The minimum absolute atomic E-state index is 0.464. The number of fused-ring (bicyclic) bond motifs is 1. The summed E-state index contributed by atoms with van der Waals surface area (Å²) in [6, 6.07) is 7.75. The Morgan fingerprint density at radius 2 is 2.25 bits per heavy atom. The van der Waals surface area contributed by atoms with Gasteiger partial charge in [0.2, 0.25) is 0 Å².